The second-order valence-corrected chi connectivity index (χ2v) is 10.9. The molecule has 1 aliphatic rings. The number of nitrogens with one attached hydrogen (secondary N) is 2. The molecule has 0 radical (unpaired) electrons. The molecule has 1 aromatic heterocycles. The van der Waals surface area contributed by atoms with Crippen LogP contribution in [-0.2, 0) is 20.4 Å². The highest BCUT2D eigenvalue weighted by atomic mass is 32.2. The van der Waals surface area contributed by atoms with Gasteiger partial charge < -0.3 is 15.2 Å². The molecule has 2 heterocycles. The second kappa shape index (κ2) is 9.03. The Balaban J connectivity index is 1.91. The van der Waals surface area contributed by atoms with Gasteiger partial charge in [-0.25, -0.2) is 13.9 Å². The number of hydrogen-bond donors (Lipinski definition) is 3. The molecule has 1 fully saturated rings. The number of rotatable bonds is 7. The van der Waals surface area contributed by atoms with E-state index in [2.05, 4.69) is 10.4 Å². The fraction of sp³-hybridized carbons (Fsp3) is 0.545. The summed E-state index contributed by atoms with van der Waals surface area (Å²) < 4.78 is 48.4. The molecule has 0 unspecified atom stereocenters. The van der Waals surface area contributed by atoms with Crippen molar-refractivity contribution >= 4 is 21.7 Å². The third kappa shape index (κ3) is 5.04. The summed E-state index contributed by atoms with van der Waals surface area (Å²) in [5.41, 5.74) is 0.463. The summed E-state index contributed by atoms with van der Waals surface area (Å²) in [5, 5.41) is 17.0. The average Bonchev–Trinajstić information content (AvgIpc) is 3.13. The molecule has 3 N–H and O–H groups in total. The van der Waals surface area contributed by atoms with Crippen molar-refractivity contribution < 1.29 is 27.4 Å². The summed E-state index contributed by atoms with van der Waals surface area (Å²) in [6.07, 6.45) is 0. The summed E-state index contributed by atoms with van der Waals surface area (Å²) in [5.74, 6) is -0.648. The number of amides is 2. The quantitative estimate of drug-likeness (QED) is 0.554. The lowest BCUT2D eigenvalue weighted by molar-refractivity contribution is -0.189. The van der Waals surface area contributed by atoms with Gasteiger partial charge in [-0.15, -0.1) is 0 Å². The fourth-order valence-corrected chi connectivity index (χ4v) is 4.57. The van der Waals surface area contributed by atoms with Gasteiger partial charge in [0.25, 0.3) is 10.0 Å². The Morgan fingerprint density at radius 1 is 1.12 bits per heavy atom. The Kier molecular flexibility index (Phi) is 6.88. The third-order valence-corrected chi connectivity index (χ3v) is 6.71. The summed E-state index contributed by atoms with van der Waals surface area (Å²) >= 11 is 0. The molecule has 1 saturated heterocycles. The number of hydrogen-bond acceptors (Lipinski definition) is 6. The third-order valence-electron chi connectivity index (χ3n) is 5.51. The van der Waals surface area contributed by atoms with E-state index in [1.165, 1.54) is 22.9 Å². The van der Waals surface area contributed by atoms with E-state index >= 15 is 0 Å². The zero-order valence-corrected chi connectivity index (χ0v) is 20.5. The summed E-state index contributed by atoms with van der Waals surface area (Å²) in [7, 11) is -4.35. The number of urea groups is 1. The van der Waals surface area contributed by atoms with E-state index in [1.54, 1.807) is 13.8 Å². The van der Waals surface area contributed by atoms with Crippen molar-refractivity contribution in [3.63, 3.8) is 0 Å². The molecule has 3 rings (SSSR count). The number of carbonyl (C=O) groups is 1. The lowest BCUT2D eigenvalue weighted by Crippen LogP contribution is -2.48. The van der Waals surface area contributed by atoms with Crippen LogP contribution in [0.4, 0.5) is 14.9 Å². The number of halogens is 1. The van der Waals surface area contributed by atoms with Crippen molar-refractivity contribution in [1.82, 2.24) is 14.5 Å². The topological polar surface area (TPSA) is 123 Å². The minimum Gasteiger partial charge on any atom is -0.379 e. The van der Waals surface area contributed by atoms with E-state index in [0.717, 1.165) is 0 Å². The van der Waals surface area contributed by atoms with E-state index in [0.29, 0.717) is 22.5 Å². The van der Waals surface area contributed by atoms with Crippen molar-refractivity contribution in [1.29, 1.82) is 0 Å². The molecule has 2 amide bonds. The maximum atomic E-state index is 14.1. The Bertz CT molecular complexity index is 1120. The first-order chi connectivity index (χ1) is 15.2. The van der Waals surface area contributed by atoms with Gasteiger partial charge in [0.05, 0.1) is 18.9 Å². The Labute approximate surface area is 193 Å². The van der Waals surface area contributed by atoms with Crippen LogP contribution in [0.1, 0.15) is 76.2 Å². The monoisotopic (exact) mass is 482 g/mol. The molecule has 0 saturated carbocycles. The highest BCUT2D eigenvalue weighted by Gasteiger charge is 2.43. The maximum Gasteiger partial charge on any atom is 0.333 e. The first-order valence-corrected chi connectivity index (χ1v) is 12.3. The molecule has 33 heavy (non-hydrogen) atoms. The van der Waals surface area contributed by atoms with Crippen LogP contribution in [0.3, 0.4) is 0 Å². The van der Waals surface area contributed by atoms with Crippen molar-refractivity contribution in [3.05, 3.63) is 40.8 Å². The predicted octanol–water partition coefficient (Wildman–Crippen LogP) is 3.58. The minimum absolute atomic E-state index is 0.0271. The number of benzene rings is 1. The van der Waals surface area contributed by atoms with E-state index in [4.69, 9.17) is 4.74 Å². The van der Waals surface area contributed by atoms with Crippen molar-refractivity contribution in [2.45, 2.75) is 70.0 Å². The number of sulfonamides is 1. The number of aliphatic hydroxyl groups is 1. The lowest BCUT2D eigenvalue weighted by Gasteiger charge is -2.36. The molecule has 0 aliphatic carbocycles. The van der Waals surface area contributed by atoms with Gasteiger partial charge in [0.2, 0.25) is 0 Å². The lowest BCUT2D eigenvalue weighted by atomic mass is 9.92. The van der Waals surface area contributed by atoms with Gasteiger partial charge >= 0.3 is 6.03 Å². The standard InChI is InChI=1S/C22H31FN4O5S/c1-12(2)16-7-15(23)8-17(13(3)4)20(16)24-21(28)26-33(30,31)19-9-18(22(29)10-32-11-22)27(25-19)14(5)6/h7-9,12-14,29H,10-11H2,1-6H3,(H2,24,26,28). The van der Waals surface area contributed by atoms with Crippen LogP contribution in [0, 0.1) is 5.82 Å². The van der Waals surface area contributed by atoms with E-state index in [1.807, 2.05) is 32.4 Å². The van der Waals surface area contributed by atoms with E-state index in [-0.39, 0.29) is 31.1 Å². The fourth-order valence-electron chi connectivity index (χ4n) is 3.71. The van der Waals surface area contributed by atoms with Gasteiger partial charge in [0.15, 0.2) is 10.6 Å². The van der Waals surface area contributed by atoms with Gasteiger partial charge in [0, 0.05) is 17.8 Å². The van der Waals surface area contributed by atoms with Crippen LogP contribution < -0.4 is 10.0 Å². The number of nitrogens with zero attached hydrogens (tertiary/aromatic N) is 2. The average molecular weight is 483 g/mol. The van der Waals surface area contributed by atoms with E-state index < -0.39 is 32.5 Å². The smallest absolute Gasteiger partial charge is 0.333 e. The molecule has 1 aromatic carbocycles. The summed E-state index contributed by atoms with van der Waals surface area (Å²) in [6.45, 7) is 11.1. The highest BCUT2D eigenvalue weighted by molar-refractivity contribution is 7.90. The van der Waals surface area contributed by atoms with E-state index in [9.17, 15) is 22.7 Å². The van der Waals surface area contributed by atoms with Gasteiger partial charge in [-0.05, 0) is 48.9 Å². The second-order valence-electron chi connectivity index (χ2n) is 9.26. The zero-order valence-electron chi connectivity index (χ0n) is 19.6. The van der Waals surface area contributed by atoms with Crippen LogP contribution in [0.15, 0.2) is 23.2 Å². The molecule has 1 aliphatic heterocycles. The summed E-state index contributed by atoms with van der Waals surface area (Å²) in [6, 6.07) is 2.69. The van der Waals surface area contributed by atoms with Gasteiger partial charge in [-0.3, -0.25) is 4.68 Å². The minimum atomic E-state index is -4.35. The number of carbonyl (C=O) groups excluding carboxylic acids is 1. The van der Waals surface area contributed by atoms with Crippen LogP contribution in [0.2, 0.25) is 0 Å². The molecular weight excluding hydrogens is 451 g/mol. The Morgan fingerprint density at radius 2 is 1.67 bits per heavy atom. The van der Waals surface area contributed by atoms with Crippen LogP contribution in [0.5, 0.6) is 0 Å². The van der Waals surface area contributed by atoms with Crippen molar-refractivity contribution in [2.24, 2.45) is 0 Å². The largest absolute Gasteiger partial charge is 0.379 e. The van der Waals surface area contributed by atoms with Crippen LogP contribution in [-0.4, -0.2) is 42.5 Å². The Morgan fingerprint density at radius 3 is 2.09 bits per heavy atom. The van der Waals surface area contributed by atoms with Crippen LogP contribution in [0.25, 0.3) is 0 Å². The molecular formula is C22H31FN4O5S. The van der Waals surface area contributed by atoms with Gasteiger partial charge in [-0.1, -0.05) is 27.7 Å². The normalized spacial score (nSPS) is 15.7. The van der Waals surface area contributed by atoms with Crippen molar-refractivity contribution in [2.75, 3.05) is 18.5 Å². The molecule has 2 aromatic rings. The first kappa shape index (κ1) is 25.1. The van der Waals surface area contributed by atoms with Crippen LogP contribution >= 0.6 is 0 Å². The number of aromatic nitrogens is 2. The molecule has 9 nitrogen and oxygen atoms in total. The molecule has 0 spiro atoms. The van der Waals surface area contributed by atoms with Gasteiger partial charge in [0.1, 0.15) is 5.82 Å². The SMILES string of the molecule is CC(C)c1cc(F)cc(C(C)C)c1NC(=O)NS(=O)(=O)c1cc(C2(O)COC2)n(C(C)C)n1. The maximum absolute atomic E-state index is 14.1. The Hall–Kier alpha value is -2.50. The summed E-state index contributed by atoms with van der Waals surface area (Å²) in [4.78, 5) is 12.7. The molecule has 11 heteroatoms. The predicted molar refractivity (Wildman–Crippen MR) is 121 cm³/mol. The molecule has 0 bridgehead atoms. The number of ether oxygens (including phenoxy) is 1. The van der Waals surface area contributed by atoms with Gasteiger partial charge in [-0.2, -0.15) is 13.5 Å². The molecule has 182 valence electrons. The van der Waals surface area contributed by atoms with Crippen molar-refractivity contribution in [3.8, 4) is 0 Å². The first-order valence-electron chi connectivity index (χ1n) is 10.8. The zero-order chi connectivity index (χ0) is 24.7. The highest BCUT2D eigenvalue weighted by Crippen LogP contribution is 2.34. The number of anilines is 1. The molecule has 0 atom stereocenters.